The molecule has 242 valence electrons. The van der Waals surface area contributed by atoms with Crippen LogP contribution in [0.25, 0.3) is 66.1 Å². The fourth-order valence-corrected chi connectivity index (χ4v) is 10.9. The van der Waals surface area contributed by atoms with Crippen LogP contribution in [0.3, 0.4) is 0 Å². The minimum absolute atomic E-state index is 0.416. The van der Waals surface area contributed by atoms with Crippen molar-refractivity contribution in [1.82, 2.24) is 9.13 Å². The second kappa shape index (κ2) is 10.4. The Labute approximate surface area is 305 Å². The molecule has 2 aromatic heterocycles. The topological polar surface area (TPSA) is 9.86 Å². The van der Waals surface area contributed by atoms with E-state index < -0.39 is 5.41 Å². The van der Waals surface area contributed by atoms with Crippen molar-refractivity contribution < 1.29 is 0 Å². The van der Waals surface area contributed by atoms with Gasteiger partial charge in [-0.25, -0.2) is 0 Å². The molecule has 8 aromatic carbocycles. The van der Waals surface area contributed by atoms with E-state index in [0.29, 0.717) is 0 Å². The second-order valence-electron chi connectivity index (χ2n) is 14.0. The lowest BCUT2D eigenvalue weighted by Crippen LogP contribution is -2.32. The Morgan fingerprint density at radius 3 is 1.42 bits per heavy atom. The van der Waals surface area contributed by atoms with E-state index >= 15 is 0 Å². The molecule has 3 heterocycles. The maximum atomic E-state index is 2.51. The third-order valence-corrected chi connectivity index (χ3v) is 12.8. The molecular weight excluding hydrogens is 649 g/mol. The van der Waals surface area contributed by atoms with Crippen LogP contribution in [-0.4, -0.2) is 9.13 Å². The summed E-state index contributed by atoms with van der Waals surface area (Å²) >= 11 is 1.93. The third-order valence-electron chi connectivity index (χ3n) is 11.6. The van der Waals surface area contributed by atoms with E-state index in [2.05, 4.69) is 191 Å². The van der Waals surface area contributed by atoms with Gasteiger partial charge in [0.25, 0.3) is 0 Å². The number of nitrogens with zero attached hydrogens (tertiary/aromatic N) is 2. The van der Waals surface area contributed by atoms with Gasteiger partial charge in [0.05, 0.1) is 27.5 Å². The Kier molecular flexibility index (Phi) is 5.67. The molecule has 1 aliphatic heterocycles. The maximum Gasteiger partial charge on any atom is 0.0736 e. The Morgan fingerprint density at radius 1 is 0.346 bits per heavy atom. The highest BCUT2D eigenvalue weighted by Crippen LogP contribution is 2.63. The minimum Gasteiger partial charge on any atom is -0.309 e. The molecule has 0 N–H and O–H groups in total. The van der Waals surface area contributed by atoms with Gasteiger partial charge in [0.1, 0.15) is 0 Å². The van der Waals surface area contributed by atoms with Crippen molar-refractivity contribution in [3.8, 4) is 22.5 Å². The minimum atomic E-state index is -0.416. The van der Waals surface area contributed by atoms with Crippen molar-refractivity contribution in [2.45, 2.75) is 15.2 Å². The highest BCUT2D eigenvalue weighted by Gasteiger charge is 2.50. The van der Waals surface area contributed by atoms with Gasteiger partial charge in [0.15, 0.2) is 0 Å². The lowest BCUT2D eigenvalue weighted by Gasteiger charge is -2.40. The summed E-state index contributed by atoms with van der Waals surface area (Å²) in [5, 5.41) is 5.10. The van der Waals surface area contributed by atoms with Gasteiger partial charge in [0.2, 0.25) is 0 Å². The van der Waals surface area contributed by atoms with Crippen LogP contribution in [0, 0.1) is 0 Å². The van der Waals surface area contributed by atoms with E-state index in [0.717, 1.165) is 11.4 Å². The maximum absolute atomic E-state index is 2.51. The average Bonchev–Trinajstić information content (AvgIpc) is 3.83. The third kappa shape index (κ3) is 3.51. The Hall–Kier alpha value is -6.29. The highest BCUT2D eigenvalue weighted by molar-refractivity contribution is 7.99. The number of rotatable bonds is 2. The van der Waals surface area contributed by atoms with E-state index in [1.807, 2.05) is 11.8 Å². The summed E-state index contributed by atoms with van der Waals surface area (Å²) in [6.45, 7) is 0. The van der Waals surface area contributed by atoms with Crippen LogP contribution < -0.4 is 0 Å². The summed E-state index contributed by atoms with van der Waals surface area (Å²) in [5.74, 6) is 0. The van der Waals surface area contributed by atoms with E-state index in [1.54, 1.807) is 0 Å². The molecule has 0 saturated carbocycles. The quantitative estimate of drug-likeness (QED) is 0.177. The SMILES string of the molecule is c1ccc2c(c1)Sc1c(ccc3c4ccccc4n(-c4ccc(-n5c6ccccc6c6ccccc65)cc4)c13)C21c2ccccc2-c2ccccc21. The number of benzene rings is 8. The highest BCUT2D eigenvalue weighted by atomic mass is 32.2. The molecule has 3 heteroatoms. The van der Waals surface area contributed by atoms with Crippen LogP contribution in [-0.2, 0) is 5.41 Å². The van der Waals surface area contributed by atoms with Gasteiger partial charge in [0, 0.05) is 42.7 Å². The predicted octanol–water partition coefficient (Wildman–Crippen LogP) is 12.7. The first-order valence-corrected chi connectivity index (χ1v) is 18.8. The van der Waals surface area contributed by atoms with Crippen molar-refractivity contribution in [2.75, 3.05) is 0 Å². The summed E-state index contributed by atoms with van der Waals surface area (Å²) in [6.07, 6.45) is 0. The molecule has 0 bridgehead atoms. The van der Waals surface area contributed by atoms with Gasteiger partial charge in [-0.2, -0.15) is 0 Å². The first kappa shape index (κ1) is 28.4. The molecule has 0 amide bonds. The van der Waals surface area contributed by atoms with Crippen LogP contribution in [0.1, 0.15) is 22.3 Å². The summed E-state index contributed by atoms with van der Waals surface area (Å²) in [4.78, 5) is 2.64. The van der Waals surface area contributed by atoms with Crippen molar-refractivity contribution in [3.63, 3.8) is 0 Å². The molecule has 0 unspecified atom stereocenters. The molecule has 0 saturated heterocycles. The van der Waals surface area contributed by atoms with Gasteiger partial charge >= 0.3 is 0 Å². The standard InChI is InChI=1S/C49H30N2S/c1-6-18-39-33(13-1)34-14-2-7-19-40(34)49(39)41-20-8-12-24-46(41)52-48-42(49)30-29-38-37-17-5-11-23-45(37)51(47(38)48)32-27-25-31(26-28-32)50-43-21-9-3-15-35(43)36-16-4-10-22-44(36)50/h1-30H. The largest absolute Gasteiger partial charge is 0.309 e. The Morgan fingerprint density at radius 2 is 0.808 bits per heavy atom. The second-order valence-corrected chi connectivity index (χ2v) is 15.1. The van der Waals surface area contributed by atoms with Crippen LogP contribution in [0.15, 0.2) is 192 Å². The van der Waals surface area contributed by atoms with Gasteiger partial charge in [-0.1, -0.05) is 145 Å². The first-order valence-electron chi connectivity index (χ1n) is 17.9. The smallest absolute Gasteiger partial charge is 0.0736 e. The lowest BCUT2D eigenvalue weighted by atomic mass is 9.67. The molecule has 52 heavy (non-hydrogen) atoms. The fraction of sp³-hybridized carbons (Fsp3) is 0.0204. The predicted molar refractivity (Wildman–Crippen MR) is 217 cm³/mol. The molecule has 10 aromatic rings. The zero-order valence-corrected chi connectivity index (χ0v) is 28.9. The number of para-hydroxylation sites is 3. The zero-order valence-electron chi connectivity index (χ0n) is 28.1. The molecule has 1 aliphatic carbocycles. The Balaban J connectivity index is 1.15. The van der Waals surface area contributed by atoms with Crippen LogP contribution in [0.5, 0.6) is 0 Å². The summed E-state index contributed by atoms with van der Waals surface area (Å²) in [5.41, 5.74) is 14.9. The van der Waals surface area contributed by atoms with Gasteiger partial charge in [-0.15, -0.1) is 0 Å². The van der Waals surface area contributed by atoms with Crippen molar-refractivity contribution in [1.29, 1.82) is 0 Å². The molecule has 0 atom stereocenters. The summed E-state index contributed by atoms with van der Waals surface area (Å²) < 4.78 is 4.91. The monoisotopic (exact) mass is 678 g/mol. The number of hydrogen-bond acceptors (Lipinski definition) is 1. The zero-order chi connectivity index (χ0) is 34.0. The lowest BCUT2D eigenvalue weighted by molar-refractivity contribution is 0.724. The number of fused-ring (bicyclic) bond motifs is 16. The molecule has 12 rings (SSSR count). The molecule has 1 spiro atoms. The van der Waals surface area contributed by atoms with E-state index in [-0.39, 0.29) is 0 Å². The molecule has 2 nitrogen and oxygen atoms in total. The van der Waals surface area contributed by atoms with E-state index in [1.165, 1.54) is 86.8 Å². The van der Waals surface area contributed by atoms with Crippen LogP contribution >= 0.6 is 11.8 Å². The van der Waals surface area contributed by atoms with E-state index in [9.17, 15) is 0 Å². The summed E-state index contributed by atoms with van der Waals surface area (Å²) in [7, 11) is 0. The van der Waals surface area contributed by atoms with E-state index in [4.69, 9.17) is 0 Å². The van der Waals surface area contributed by atoms with Gasteiger partial charge in [-0.3, -0.25) is 0 Å². The molecule has 2 aliphatic rings. The van der Waals surface area contributed by atoms with Gasteiger partial charge in [-0.05, 0) is 81.9 Å². The van der Waals surface area contributed by atoms with Crippen molar-refractivity contribution >= 4 is 55.4 Å². The number of aromatic nitrogens is 2. The summed E-state index contributed by atoms with van der Waals surface area (Å²) in [6, 6.07) is 67.6. The number of hydrogen-bond donors (Lipinski definition) is 0. The molecule has 0 fully saturated rings. The fourth-order valence-electron chi connectivity index (χ4n) is 9.58. The normalized spacial score (nSPS) is 13.8. The average molecular weight is 679 g/mol. The van der Waals surface area contributed by atoms with Crippen molar-refractivity contribution in [2.24, 2.45) is 0 Å². The van der Waals surface area contributed by atoms with Crippen molar-refractivity contribution in [3.05, 3.63) is 204 Å². The first-order chi connectivity index (χ1) is 25.8. The molecular formula is C49H30N2S. The van der Waals surface area contributed by atoms with Gasteiger partial charge < -0.3 is 9.13 Å². The van der Waals surface area contributed by atoms with Crippen LogP contribution in [0.2, 0.25) is 0 Å². The Bertz CT molecular complexity index is 3010. The molecule has 0 radical (unpaired) electrons. The van der Waals surface area contributed by atoms with Crippen LogP contribution in [0.4, 0.5) is 0 Å².